The van der Waals surface area contributed by atoms with E-state index in [9.17, 15) is 0 Å². The Kier molecular flexibility index (Phi) is 3.69. The van der Waals surface area contributed by atoms with Gasteiger partial charge in [-0.3, -0.25) is 0 Å². The van der Waals surface area contributed by atoms with Gasteiger partial charge in [0.2, 0.25) is 0 Å². The van der Waals surface area contributed by atoms with Crippen molar-refractivity contribution < 1.29 is 29.0 Å². The third-order valence-electron chi connectivity index (χ3n) is 2.68. The van der Waals surface area contributed by atoms with E-state index < -0.39 is 0 Å². The molecule has 0 aromatic rings. The summed E-state index contributed by atoms with van der Waals surface area (Å²) in [5.41, 5.74) is 0. The summed E-state index contributed by atoms with van der Waals surface area (Å²) in [6.45, 7) is 3.81. The molecule has 1 saturated heterocycles. The maximum Gasteiger partial charge on any atom is 0.163 e. The van der Waals surface area contributed by atoms with Crippen molar-refractivity contribution in [3.05, 3.63) is 5.92 Å². The van der Waals surface area contributed by atoms with Crippen LogP contribution in [0.4, 0.5) is 0 Å². The molecule has 0 aromatic heterocycles. The van der Waals surface area contributed by atoms with Crippen LogP contribution in [-0.2, 0) is 29.0 Å². The standard InChI is InChI=1S/C9H15O2.Zn/c1-8-2-4-9(5-3-8)10-6-7-11-9;/h2-7H2,1H3;/q-1;. The Bertz CT molecular complexity index is 133. The molecule has 0 bridgehead atoms. The number of ether oxygens (including phenoxy) is 2. The van der Waals surface area contributed by atoms with Gasteiger partial charge in [0.15, 0.2) is 5.79 Å². The van der Waals surface area contributed by atoms with Crippen LogP contribution in [0.1, 0.15) is 32.6 Å². The van der Waals surface area contributed by atoms with Crippen molar-refractivity contribution in [3.8, 4) is 0 Å². The number of hydrogen-bond donors (Lipinski definition) is 0. The van der Waals surface area contributed by atoms with E-state index in [2.05, 4.69) is 6.92 Å². The Morgan fingerprint density at radius 2 is 1.58 bits per heavy atom. The third kappa shape index (κ3) is 2.07. The molecule has 1 heterocycles. The van der Waals surface area contributed by atoms with Gasteiger partial charge in [-0.2, -0.15) is 19.8 Å². The van der Waals surface area contributed by atoms with Gasteiger partial charge in [0.25, 0.3) is 0 Å². The van der Waals surface area contributed by atoms with Crippen LogP contribution in [0.15, 0.2) is 0 Å². The predicted molar refractivity (Wildman–Crippen MR) is 42.0 cm³/mol. The molecule has 2 fully saturated rings. The summed E-state index contributed by atoms with van der Waals surface area (Å²) in [5.74, 6) is 1.43. The summed E-state index contributed by atoms with van der Waals surface area (Å²) in [6.07, 6.45) is 4.50. The largest absolute Gasteiger partial charge is 0.348 e. The Balaban J connectivity index is 0.000000720. The van der Waals surface area contributed by atoms with Gasteiger partial charge in [-0.25, -0.2) is 0 Å². The van der Waals surface area contributed by atoms with Gasteiger partial charge in [-0.1, -0.05) is 0 Å². The molecule has 1 spiro atoms. The second-order valence-corrected chi connectivity index (χ2v) is 3.56. The van der Waals surface area contributed by atoms with Crippen LogP contribution in [0.5, 0.6) is 0 Å². The second kappa shape index (κ2) is 4.17. The SMILES string of the molecule is C[C-]1CCC2(CC1)OCCO2.[Zn]. The van der Waals surface area contributed by atoms with Crippen molar-refractivity contribution in [1.29, 1.82) is 0 Å². The molecule has 0 unspecified atom stereocenters. The van der Waals surface area contributed by atoms with Gasteiger partial charge in [-0.05, 0) is 12.8 Å². The van der Waals surface area contributed by atoms with E-state index in [-0.39, 0.29) is 25.3 Å². The first-order chi connectivity index (χ1) is 5.31. The molecule has 1 aliphatic carbocycles. The van der Waals surface area contributed by atoms with E-state index in [0.717, 1.165) is 26.1 Å². The number of rotatable bonds is 0. The van der Waals surface area contributed by atoms with Crippen molar-refractivity contribution in [2.75, 3.05) is 13.2 Å². The molecule has 0 N–H and O–H groups in total. The molecule has 3 heteroatoms. The van der Waals surface area contributed by atoms with Crippen molar-refractivity contribution in [2.24, 2.45) is 0 Å². The van der Waals surface area contributed by atoms with Gasteiger partial charge in [-0.15, -0.1) is 0 Å². The van der Waals surface area contributed by atoms with Crippen molar-refractivity contribution in [2.45, 2.75) is 38.4 Å². The summed E-state index contributed by atoms with van der Waals surface area (Å²) in [5, 5.41) is 0. The third-order valence-corrected chi connectivity index (χ3v) is 2.68. The van der Waals surface area contributed by atoms with Crippen LogP contribution < -0.4 is 0 Å². The fourth-order valence-corrected chi connectivity index (χ4v) is 1.84. The Morgan fingerprint density at radius 3 is 2.08 bits per heavy atom. The molecular formula is C9H15O2Zn-. The van der Waals surface area contributed by atoms with Gasteiger partial charge in [0, 0.05) is 19.5 Å². The van der Waals surface area contributed by atoms with Gasteiger partial charge in [0.05, 0.1) is 13.2 Å². The summed E-state index contributed by atoms with van der Waals surface area (Å²) in [4.78, 5) is 0. The van der Waals surface area contributed by atoms with Crippen LogP contribution in [0.3, 0.4) is 0 Å². The number of hydrogen-bond acceptors (Lipinski definition) is 2. The summed E-state index contributed by atoms with van der Waals surface area (Å²) in [7, 11) is 0. The molecule has 0 amide bonds. The Morgan fingerprint density at radius 1 is 1.08 bits per heavy atom. The predicted octanol–water partition coefficient (Wildman–Crippen LogP) is 1.90. The maximum atomic E-state index is 5.59. The van der Waals surface area contributed by atoms with Crippen LogP contribution in [0.2, 0.25) is 0 Å². The molecule has 2 rings (SSSR count). The van der Waals surface area contributed by atoms with Gasteiger partial charge < -0.3 is 15.4 Å². The minimum atomic E-state index is -0.167. The van der Waals surface area contributed by atoms with E-state index in [1.807, 2.05) is 0 Å². The fourth-order valence-electron chi connectivity index (χ4n) is 1.84. The van der Waals surface area contributed by atoms with Crippen molar-refractivity contribution in [1.82, 2.24) is 0 Å². The summed E-state index contributed by atoms with van der Waals surface area (Å²) in [6, 6.07) is 0. The van der Waals surface area contributed by atoms with E-state index in [4.69, 9.17) is 9.47 Å². The fraction of sp³-hybridized carbons (Fsp3) is 0.889. The Labute approximate surface area is 86.8 Å². The first-order valence-electron chi connectivity index (χ1n) is 4.40. The van der Waals surface area contributed by atoms with E-state index in [1.165, 1.54) is 12.8 Å². The summed E-state index contributed by atoms with van der Waals surface area (Å²) >= 11 is 0. The molecule has 2 aliphatic rings. The zero-order valence-corrected chi connectivity index (χ0v) is 10.7. The molecule has 66 valence electrons. The van der Waals surface area contributed by atoms with E-state index in [1.54, 1.807) is 5.92 Å². The van der Waals surface area contributed by atoms with Crippen LogP contribution in [-0.4, -0.2) is 19.0 Å². The molecule has 0 aromatic carbocycles. The van der Waals surface area contributed by atoms with Crippen molar-refractivity contribution in [3.63, 3.8) is 0 Å². The molecule has 1 saturated carbocycles. The van der Waals surface area contributed by atoms with Crippen molar-refractivity contribution >= 4 is 0 Å². The molecule has 0 radical (unpaired) electrons. The van der Waals surface area contributed by atoms with E-state index >= 15 is 0 Å². The molecule has 12 heavy (non-hydrogen) atoms. The zero-order chi connectivity index (χ0) is 7.73. The maximum absolute atomic E-state index is 5.59. The molecule has 2 nitrogen and oxygen atoms in total. The normalized spacial score (nSPS) is 28.8. The first kappa shape index (κ1) is 10.6. The minimum absolute atomic E-state index is 0. The molecule has 0 atom stereocenters. The molecular weight excluding hydrogens is 205 g/mol. The minimum Gasteiger partial charge on any atom is -0.348 e. The van der Waals surface area contributed by atoms with Crippen LogP contribution in [0, 0.1) is 5.92 Å². The smallest absolute Gasteiger partial charge is 0.163 e. The van der Waals surface area contributed by atoms with E-state index in [0.29, 0.717) is 0 Å². The monoisotopic (exact) mass is 219 g/mol. The van der Waals surface area contributed by atoms with Crippen LogP contribution >= 0.6 is 0 Å². The average molecular weight is 221 g/mol. The van der Waals surface area contributed by atoms with Gasteiger partial charge in [0.1, 0.15) is 0 Å². The topological polar surface area (TPSA) is 18.5 Å². The quantitative estimate of drug-likeness (QED) is 0.459. The summed E-state index contributed by atoms with van der Waals surface area (Å²) < 4.78 is 11.2. The van der Waals surface area contributed by atoms with Gasteiger partial charge >= 0.3 is 0 Å². The molecule has 1 aliphatic heterocycles. The average Bonchev–Trinajstić information content (AvgIpc) is 2.45. The first-order valence-corrected chi connectivity index (χ1v) is 4.40. The zero-order valence-electron chi connectivity index (χ0n) is 7.77. The Hall–Kier alpha value is 0.543. The van der Waals surface area contributed by atoms with Crippen LogP contribution in [0.25, 0.3) is 0 Å². The second-order valence-electron chi connectivity index (χ2n) is 3.56.